The second kappa shape index (κ2) is 5.61. The van der Waals surface area contributed by atoms with E-state index in [2.05, 4.69) is 20.3 Å². The van der Waals surface area contributed by atoms with E-state index in [9.17, 15) is 4.79 Å². The molecule has 5 nitrogen and oxygen atoms in total. The molecule has 0 atom stereocenters. The predicted octanol–water partition coefficient (Wildman–Crippen LogP) is 1.90. The molecule has 0 radical (unpaired) electrons. The summed E-state index contributed by atoms with van der Waals surface area (Å²) in [6.45, 7) is 0.628. The number of aromatic nitrogens is 2. The SMILES string of the molecule is O=C1NCCCc2ccnc(n2)/N=C\c2cccc1c2. The molecule has 0 saturated carbocycles. The Balaban J connectivity index is 1.99. The van der Waals surface area contributed by atoms with Crippen molar-refractivity contribution in [2.75, 3.05) is 6.54 Å². The zero-order valence-corrected chi connectivity index (χ0v) is 10.9. The van der Waals surface area contributed by atoms with Crippen molar-refractivity contribution in [3.05, 3.63) is 53.3 Å². The van der Waals surface area contributed by atoms with Crippen LogP contribution in [0.2, 0.25) is 0 Å². The van der Waals surface area contributed by atoms with Gasteiger partial charge in [0.15, 0.2) is 0 Å². The van der Waals surface area contributed by atoms with E-state index < -0.39 is 0 Å². The van der Waals surface area contributed by atoms with Crippen molar-refractivity contribution >= 4 is 18.1 Å². The van der Waals surface area contributed by atoms with E-state index in [0.29, 0.717) is 18.1 Å². The number of amides is 1. The number of rotatable bonds is 0. The maximum absolute atomic E-state index is 12.0. The molecule has 1 aliphatic rings. The maximum atomic E-state index is 12.0. The molecule has 1 aromatic heterocycles. The first-order valence-corrected chi connectivity index (χ1v) is 6.55. The van der Waals surface area contributed by atoms with Crippen LogP contribution in [-0.4, -0.2) is 28.6 Å². The Kier molecular flexibility index (Phi) is 3.50. The smallest absolute Gasteiger partial charge is 0.251 e. The highest BCUT2D eigenvalue weighted by Crippen LogP contribution is 2.09. The molecular formula is C15H14N4O. The second-order valence-electron chi connectivity index (χ2n) is 4.59. The maximum Gasteiger partial charge on any atom is 0.251 e. The number of carbonyl (C=O) groups excluding carboxylic acids is 1. The van der Waals surface area contributed by atoms with E-state index in [4.69, 9.17) is 0 Å². The Bertz CT molecular complexity index is 666. The minimum Gasteiger partial charge on any atom is -0.352 e. The number of hydrogen-bond donors (Lipinski definition) is 1. The minimum atomic E-state index is -0.0581. The topological polar surface area (TPSA) is 67.2 Å². The summed E-state index contributed by atoms with van der Waals surface area (Å²) in [7, 11) is 0. The van der Waals surface area contributed by atoms with Crippen molar-refractivity contribution in [2.45, 2.75) is 12.8 Å². The number of nitrogens with one attached hydrogen (secondary N) is 1. The third-order valence-corrected chi connectivity index (χ3v) is 3.07. The molecule has 1 aliphatic heterocycles. The fraction of sp³-hybridized carbons (Fsp3) is 0.200. The van der Waals surface area contributed by atoms with Crippen LogP contribution in [-0.2, 0) is 6.42 Å². The van der Waals surface area contributed by atoms with Gasteiger partial charge in [0.05, 0.1) is 0 Å². The average molecular weight is 266 g/mol. The zero-order valence-electron chi connectivity index (χ0n) is 10.9. The standard InChI is InChI=1S/C15H14N4O/c20-14-12-4-1-3-11(9-12)10-18-15-17-8-6-13(19-15)5-2-7-16-14/h1,3-4,6,8-10H,2,5,7H2,(H,16,20)/b18-10-. The number of fused-ring (bicyclic) bond motifs is 4. The van der Waals surface area contributed by atoms with Gasteiger partial charge in [0.2, 0.25) is 5.95 Å². The third-order valence-electron chi connectivity index (χ3n) is 3.07. The summed E-state index contributed by atoms with van der Waals surface area (Å²) >= 11 is 0. The largest absolute Gasteiger partial charge is 0.352 e. The van der Waals surface area contributed by atoms with Gasteiger partial charge < -0.3 is 5.32 Å². The van der Waals surface area contributed by atoms with Crippen molar-refractivity contribution in [3.8, 4) is 0 Å². The summed E-state index contributed by atoms with van der Waals surface area (Å²) in [4.78, 5) is 24.7. The Hall–Kier alpha value is -2.56. The first kappa shape index (κ1) is 12.5. The quantitative estimate of drug-likeness (QED) is 0.792. The van der Waals surface area contributed by atoms with Crippen molar-refractivity contribution < 1.29 is 4.79 Å². The van der Waals surface area contributed by atoms with Gasteiger partial charge in [-0.05, 0) is 36.6 Å². The summed E-state index contributed by atoms with van der Waals surface area (Å²) in [5, 5.41) is 2.91. The lowest BCUT2D eigenvalue weighted by atomic mass is 10.1. The lowest BCUT2D eigenvalue weighted by Gasteiger charge is -2.05. The predicted molar refractivity (Wildman–Crippen MR) is 76.4 cm³/mol. The van der Waals surface area contributed by atoms with E-state index >= 15 is 0 Å². The van der Waals surface area contributed by atoms with Gasteiger partial charge in [-0.25, -0.2) is 15.0 Å². The van der Waals surface area contributed by atoms with Gasteiger partial charge in [0.25, 0.3) is 5.91 Å². The molecule has 1 N–H and O–H groups in total. The fourth-order valence-electron chi connectivity index (χ4n) is 2.05. The summed E-state index contributed by atoms with van der Waals surface area (Å²) in [6.07, 6.45) is 5.02. The van der Waals surface area contributed by atoms with Crippen LogP contribution in [0.4, 0.5) is 5.95 Å². The van der Waals surface area contributed by atoms with Gasteiger partial charge in [0, 0.05) is 30.2 Å². The second-order valence-corrected chi connectivity index (χ2v) is 4.59. The molecule has 0 aliphatic carbocycles. The van der Waals surface area contributed by atoms with Crippen LogP contribution in [0.3, 0.4) is 0 Å². The average Bonchev–Trinajstić information content (AvgIpc) is 2.50. The van der Waals surface area contributed by atoms with Crippen LogP contribution in [0.25, 0.3) is 0 Å². The summed E-state index contributed by atoms with van der Waals surface area (Å²) in [5.74, 6) is 0.392. The van der Waals surface area contributed by atoms with Crippen molar-refractivity contribution in [3.63, 3.8) is 0 Å². The van der Waals surface area contributed by atoms with Crippen molar-refractivity contribution in [2.24, 2.45) is 4.99 Å². The summed E-state index contributed by atoms with van der Waals surface area (Å²) in [6, 6.07) is 9.21. The molecule has 0 spiro atoms. The molecule has 1 aromatic carbocycles. The molecule has 0 fully saturated rings. The van der Waals surface area contributed by atoms with Crippen LogP contribution in [0, 0.1) is 0 Å². The molecule has 0 saturated heterocycles. The zero-order chi connectivity index (χ0) is 13.8. The van der Waals surface area contributed by atoms with Gasteiger partial charge >= 0.3 is 0 Å². The van der Waals surface area contributed by atoms with Gasteiger partial charge in [0.1, 0.15) is 0 Å². The number of benzene rings is 1. The highest BCUT2D eigenvalue weighted by atomic mass is 16.1. The minimum absolute atomic E-state index is 0.0581. The highest BCUT2D eigenvalue weighted by Gasteiger charge is 2.06. The lowest BCUT2D eigenvalue weighted by molar-refractivity contribution is 0.0953. The Labute approximate surface area is 116 Å². The van der Waals surface area contributed by atoms with E-state index in [1.807, 2.05) is 18.2 Å². The summed E-state index contributed by atoms with van der Waals surface area (Å²) < 4.78 is 0. The van der Waals surface area contributed by atoms with Crippen LogP contribution >= 0.6 is 0 Å². The lowest BCUT2D eigenvalue weighted by Crippen LogP contribution is -2.24. The molecule has 20 heavy (non-hydrogen) atoms. The molecule has 5 heteroatoms. The molecule has 4 bridgehead atoms. The van der Waals surface area contributed by atoms with Crippen molar-refractivity contribution in [1.29, 1.82) is 0 Å². The summed E-state index contributed by atoms with van der Waals surface area (Å²) in [5.41, 5.74) is 2.43. The van der Waals surface area contributed by atoms with E-state index in [-0.39, 0.29) is 5.91 Å². The molecular weight excluding hydrogens is 252 g/mol. The molecule has 3 rings (SSSR count). The number of hydrogen-bond acceptors (Lipinski definition) is 4. The Morgan fingerprint density at radius 3 is 3.10 bits per heavy atom. The van der Waals surface area contributed by atoms with E-state index in [1.54, 1.807) is 24.5 Å². The van der Waals surface area contributed by atoms with Crippen LogP contribution in [0.15, 0.2) is 41.5 Å². The van der Waals surface area contributed by atoms with Gasteiger partial charge in [-0.15, -0.1) is 0 Å². The van der Waals surface area contributed by atoms with Crippen LogP contribution in [0.5, 0.6) is 0 Å². The number of aliphatic imine (C=N–C) groups is 1. The van der Waals surface area contributed by atoms with Gasteiger partial charge in [-0.1, -0.05) is 12.1 Å². The fourth-order valence-corrected chi connectivity index (χ4v) is 2.05. The molecule has 2 aromatic rings. The molecule has 1 amide bonds. The number of aryl methyl sites for hydroxylation is 1. The van der Waals surface area contributed by atoms with Crippen molar-refractivity contribution in [1.82, 2.24) is 15.3 Å². The van der Waals surface area contributed by atoms with Gasteiger partial charge in [-0.2, -0.15) is 0 Å². The number of nitrogens with zero attached hydrogens (tertiary/aromatic N) is 3. The Morgan fingerprint density at radius 2 is 2.15 bits per heavy atom. The molecule has 100 valence electrons. The first-order valence-electron chi connectivity index (χ1n) is 6.55. The third kappa shape index (κ3) is 2.88. The van der Waals surface area contributed by atoms with E-state index in [1.165, 1.54) is 0 Å². The first-order chi connectivity index (χ1) is 9.81. The van der Waals surface area contributed by atoms with E-state index in [0.717, 1.165) is 24.1 Å². The normalized spacial score (nSPS) is 16.3. The molecule has 0 unspecified atom stereocenters. The number of carbonyl (C=O) groups is 1. The molecule has 2 heterocycles. The van der Waals surface area contributed by atoms with Crippen LogP contribution < -0.4 is 5.32 Å². The Morgan fingerprint density at radius 1 is 1.20 bits per heavy atom. The monoisotopic (exact) mass is 266 g/mol. The van der Waals surface area contributed by atoms with Gasteiger partial charge in [-0.3, -0.25) is 4.79 Å². The van der Waals surface area contributed by atoms with Crippen LogP contribution in [0.1, 0.15) is 28.0 Å². The highest BCUT2D eigenvalue weighted by molar-refractivity contribution is 5.96.